The van der Waals surface area contributed by atoms with Crippen LogP contribution in [0.15, 0.2) is 41.8 Å². The summed E-state index contributed by atoms with van der Waals surface area (Å²) in [5.74, 6) is 1.16. The Morgan fingerprint density at radius 3 is 2.74 bits per heavy atom. The predicted octanol–water partition coefficient (Wildman–Crippen LogP) is 6.87. The number of unbranched alkanes of at least 4 members (excludes halogenated alkanes) is 2. The summed E-state index contributed by atoms with van der Waals surface area (Å²) < 4.78 is 56.7. The summed E-state index contributed by atoms with van der Waals surface area (Å²) in [6, 6.07) is 9.46. The van der Waals surface area contributed by atoms with Crippen molar-refractivity contribution in [2.45, 2.75) is 32.4 Å². The van der Waals surface area contributed by atoms with Crippen LogP contribution in [0.25, 0.3) is 11.3 Å². The first kappa shape index (κ1) is 21.3. The zero-order chi connectivity index (χ0) is 21.8. The van der Waals surface area contributed by atoms with Crippen molar-refractivity contribution in [3.63, 3.8) is 0 Å². The summed E-state index contributed by atoms with van der Waals surface area (Å²) in [6.07, 6.45) is -1.91. The number of nitrogens with one attached hydrogen (secondary N) is 1. The molecule has 0 atom stereocenters. The lowest BCUT2D eigenvalue weighted by atomic mass is 10.1. The minimum atomic E-state index is -4.52. The standard InChI is InChI=1S/C22H21F3N2O3S/c1-2-3-4-9-28-18-8-6-15(11-16(18)22(23,24)25)26-21-27-17(12-31-21)14-5-7-19-20(10-14)30-13-29-19/h5-8,10-12H,2-4,9,13H2,1H3,(H,26,27). The molecule has 0 fully saturated rings. The highest BCUT2D eigenvalue weighted by molar-refractivity contribution is 7.14. The third-order valence-electron chi connectivity index (χ3n) is 4.71. The molecule has 0 saturated heterocycles. The molecule has 9 heteroatoms. The highest BCUT2D eigenvalue weighted by Gasteiger charge is 2.34. The number of rotatable bonds is 8. The minimum absolute atomic E-state index is 0.158. The van der Waals surface area contributed by atoms with Crippen LogP contribution in [-0.4, -0.2) is 18.4 Å². The summed E-state index contributed by atoms with van der Waals surface area (Å²) in [6.45, 7) is 2.47. The van der Waals surface area contributed by atoms with Gasteiger partial charge in [-0.05, 0) is 42.8 Å². The second kappa shape index (κ2) is 9.05. The van der Waals surface area contributed by atoms with Crippen molar-refractivity contribution in [2.24, 2.45) is 0 Å². The molecule has 2 heterocycles. The van der Waals surface area contributed by atoms with Gasteiger partial charge in [0.2, 0.25) is 6.79 Å². The molecule has 31 heavy (non-hydrogen) atoms. The fraction of sp³-hybridized carbons (Fsp3) is 0.318. The van der Waals surface area contributed by atoms with E-state index in [4.69, 9.17) is 14.2 Å². The van der Waals surface area contributed by atoms with Gasteiger partial charge >= 0.3 is 6.18 Å². The van der Waals surface area contributed by atoms with E-state index in [9.17, 15) is 13.2 Å². The van der Waals surface area contributed by atoms with Crippen molar-refractivity contribution < 1.29 is 27.4 Å². The normalized spacial score (nSPS) is 12.8. The van der Waals surface area contributed by atoms with E-state index in [-0.39, 0.29) is 19.1 Å². The zero-order valence-electron chi connectivity index (χ0n) is 16.8. The maximum Gasteiger partial charge on any atom is 0.420 e. The van der Waals surface area contributed by atoms with Gasteiger partial charge in [-0.25, -0.2) is 4.98 Å². The predicted molar refractivity (Wildman–Crippen MR) is 113 cm³/mol. The van der Waals surface area contributed by atoms with Crippen molar-refractivity contribution in [3.8, 4) is 28.5 Å². The van der Waals surface area contributed by atoms with Crippen LogP contribution < -0.4 is 19.5 Å². The summed E-state index contributed by atoms with van der Waals surface area (Å²) in [5, 5.41) is 5.27. The number of aromatic nitrogens is 1. The molecule has 0 radical (unpaired) electrons. The molecule has 1 aliphatic rings. The van der Waals surface area contributed by atoms with E-state index in [0.717, 1.165) is 30.9 Å². The van der Waals surface area contributed by atoms with Gasteiger partial charge in [0, 0.05) is 16.6 Å². The van der Waals surface area contributed by atoms with Crippen molar-refractivity contribution >= 4 is 22.2 Å². The molecule has 0 spiro atoms. The number of fused-ring (bicyclic) bond motifs is 1. The quantitative estimate of drug-likeness (QED) is 0.380. The molecule has 5 nitrogen and oxygen atoms in total. The van der Waals surface area contributed by atoms with Crippen molar-refractivity contribution in [1.82, 2.24) is 4.98 Å². The lowest BCUT2D eigenvalue weighted by molar-refractivity contribution is -0.138. The smallest absolute Gasteiger partial charge is 0.420 e. The number of nitrogens with zero attached hydrogens (tertiary/aromatic N) is 1. The first-order valence-corrected chi connectivity index (χ1v) is 10.8. The Balaban J connectivity index is 1.50. The molecule has 3 aromatic rings. The number of anilines is 2. The Morgan fingerprint density at radius 1 is 1.10 bits per heavy atom. The summed E-state index contributed by atoms with van der Waals surface area (Å²) in [7, 11) is 0. The van der Waals surface area contributed by atoms with Crippen LogP contribution in [-0.2, 0) is 6.18 Å². The van der Waals surface area contributed by atoms with E-state index in [1.165, 1.54) is 17.4 Å². The summed E-state index contributed by atoms with van der Waals surface area (Å²) in [4.78, 5) is 4.48. The SMILES string of the molecule is CCCCCOc1ccc(Nc2nc(-c3ccc4c(c3)OCO4)cs2)cc1C(F)(F)F. The van der Waals surface area contributed by atoms with Crippen molar-refractivity contribution in [1.29, 1.82) is 0 Å². The second-order valence-electron chi connectivity index (χ2n) is 7.00. The van der Waals surface area contributed by atoms with E-state index >= 15 is 0 Å². The van der Waals surface area contributed by atoms with Gasteiger partial charge < -0.3 is 19.5 Å². The number of ether oxygens (including phenoxy) is 3. The van der Waals surface area contributed by atoms with E-state index in [2.05, 4.69) is 10.3 Å². The summed E-state index contributed by atoms with van der Waals surface area (Å²) >= 11 is 1.30. The van der Waals surface area contributed by atoms with Crippen molar-refractivity contribution in [2.75, 3.05) is 18.7 Å². The van der Waals surface area contributed by atoms with Crippen LogP contribution in [0.1, 0.15) is 31.7 Å². The number of thiazole rings is 1. The van der Waals surface area contributed by atoms with Gasteiger partial charge in [-0.1, -0.05) is 19.8 Å². The molecule has 2 aromatic carbocycles. The number of hydrogen-bond donors (Lipinski definition) is 1. The Labute approximate surface area is 181 Å². The minimum Gasteiger partial charge on any atom is -0.493 e. The van der Waals surface area contributed by atoms with E-state index < -0.39 is 11.7 Å². The molecule has 1 N–H and O–H groups in total. The van der Waals surface area contributed by atoms with Gasteiger partial charge in [0.15, 0.2) is 16.6 Å². The van der Waals surface area contributed by atoms with E-state index in [0.29, 0.717) is 28.0 Å². The van der Waals surface area contributed by atoms with Gasteiger partial charge in [-0.3, -0.25) is 0 Å². The Morgan fingerprint density at radius 2 is 1.94 bits per heavy atom. The van der Waals surface area contributed by atoms with Gasteiger partial charge in [0.25, 0.3) is 0 Å². The molecule has 1 aliphatic heterocycles. The van der Waals surface area contributed by atoms with E-state index in [1.807, 2.05) is 24.4 Å². The van der Waals surface area contributed by atoms with Crippen LogP contribution in [0, 0.1) is 0 Å². The van der Waals surface area contributed by atoms with Crippen LogP contribution in [0.5, 0.6) is 17.2 Å². The molecule has 0 unspecified atom stereocenters. The van der Waals surface area contributed by atoms with Gasteiger partial charge in [-0.15, -0.1) is 11.3 Å². The van der Waals surface area contributed by atoms with Crippen molar-refractivity contribution in [3.05, 3.63) is 47.3 Å². The molecule has 0 saturated carbocycles. The number of halogens is 3. The lowest BCUT2D eigenvalue weighted by Gasteiger charge is -2.15. The fourth-order valence-electron chi connectivity index (χ4n) is 3.13. The highest BCUT2D eigenvalue weighted by Crippen LogP contribution is 2.40. The fourth-order valence-corrected chi connectivity index (χ4v) is 3.87. The largest absolute Gasteiger partial charge is 0.493 e. The third-order valence-corrected chi connectivity index (χ3v) is 5.47. The highest BCUT2D eigenvalue weighted by atomic mass is 32.1. The van der Waals surface area contributed by atoms with Crippen LogP contribution in [0.2, 0.25) is 0 Å². The molecule has 0 amide bonds. The maximum atomic E-state index is 13.5. The molecule has 1 aromatic heterocycles. The van der Waals surface area contributed by atoms with Crippen LogP contribution in [0.4, 0.5) is 24.0 Å². The molecule has 164 valence electrons. The Bertz CT molecular complexity index is 1050. The average Bonchev–Trinajstić information content (AvgIpc) is 3.40. The molecular formula is C22H21F3N2O3S. The zero-order valence-corrected chi connectivity index (χ0v) is 17.6. The number of alkyl halides is 3. The van der Waals surface area contributed by atoms with Gasteiger partial charge in [0.1, 0.15) is 5.75 Å². The van der Waals surface area contributed by atoms with Crippen LogP contribution in [0.3, 0.4) is 0 Å². The second-order valence-corrected chi connectivity index (χ2v) is 7.85. The maximum absolute atomic E-state index is 13.5. The third kappa shape index (κ3) is 5.04. The topological polar surface area (TPSA) is 52.6 Å². The Kier molecular flexibility index (Phi) is 6.22. The van der Waals surface area contributed by atoms with Gasteiger partial charge in [-0.2, -0.15) is 13.2 Å². The monoisotopic (exact) mass is 450 g/mol. The Hall–Kier alpha value is -2.94. The average molecular weight is 450 g/mol. The number of benzene rings is 2. The van der Waals surface area contributed by atoms with Crippen LogP contribution >= 0.6 is 11.3 Å². The summed E-state index contributed by atoms with van der Waals surface area (Å²) in [5.41, 5.74) is 1.01. The lowest BCUT2D eigenvalue weighted by Crippen LogP contribution is -2.10. The molecule has 0 bridgehead atoms. The first-order chi connectivity index (χ1) is 14.9. The van der Waals surface area contributed by atoms with E-state index in [1.54, 1.807) is 12.1 Å². The van der Waals surface area contributed by atoms with Gasteiger partial charge in [0.05, 0.1) is 17.9 Å². The molecular weight excluding hydrogens is 429 g/mol. The number of hydrogen-bond acceptors (Lipinski definition) is 6. The first-order valence-electron chi connectivity index (χ1n) is 9.90. The molecule has 4 rings (SSSR count). The molecule has 0 aliphatic carbocycles.